The second-order valence-corrected chi connectivity index (χ2v) is 3.88. The van der Waals surface area contributed by atoms with Gasteiger partial charge in [0.1, 0.15) is 0 Å². The minimum absolute atomic E-state index is 0.714. The summed E-state index contributed by atoms with van der Waals surface area (Å²) in [7, 11) is 2.13. The molecule has 1 atom stereocenters. The van der Waals surface area contributed by atoms with Gasteiger partial charge in [-0.15, -0.1) is 0 Å². The van der Waals surface area contributed by atoms with Crippen LogP contribution in [0.4, 0.5) is 0 Å². The summed E-state index contributed by atoms with van der Waals surface area (Å²) in [6, 6.07) is 0.714. The lowest BCUT2D eigenvalue weighted by molar-refractivity contribution is 0.0950. The van der Waals surface area contributed by atoms with Crippen LogP contribution in [0.25, 0.3) is 0 Å². The van der Waals surface area contributed by atoms with Crippen LogP contribution in [-0.4, -0.2) is 24.6 Å². The molecular weight excluding hydrogens is 124 g/mol. The van der Waals surface area contributed by atoms with Crippen molar-refractivity contribution >= 4 is 0 Å². The van der Waals surface area contributed by atoms with Crippen molar-refractivity contribution < 1.29 is 0 Å². The molecule has 0 aromatic rings. The van der Waals surface area contributed by atoms with E-state index in [1.54, 1.807) is 0 Å². The standard InChI is InChI=1S/C8H16N2/c1-7-8(3-4-8)5-6-10(2)9-7/h7,9H,3-6H2,1-2H3/t7-/m1/s1. The van der Waals surface area contributed by atoms with Crippen molar-refractivity contribution in [1.82, 2.24) is 10.4 Å². The monoisotopic (exact) mass is 140 g/mol. The van der Waals surface area contributed by atoms with Crippen molar-refractivity contribution in [2.75, 3.05) is 13.6 Å². The van der Waals surface area contributed by atoms with E-state index in [4.69, 9.17) is 0 Å². The summed E-state index contributed by atoms with van der Waals surface area (Å²) >= 11 is 0. The summed E-state index contributed by atoms with van der Waals surface area (Å²) in [5.41, 5.74) is 4.18. The second kappa shape index (κ2) is 1.95. The first-order chi connectivity index (χ1) is 4.73. The molecule has 1 spiro atoms. The Bertz CT molecular complexity index is 140. The largest absolute Gasteiger partial charge is 0.252 e. The molecular formula is C8H16N2. The quantitative estimate of drug-likeness (QED) is 0.540. The normalized spacial score (nSPS) is 38.4. The molecule has 2 heteroatoms. The molecule has 1 heterocycles. The Balaban J connectivity index is 2.01. The molecule has 2 rings (SSSR count). The van der Waals surface area contributed by atoms with E-state index >= 15 is 0 Å². The summed E-state index contributed by atoms with van der Waals surface area (Å²) in [4.78, 5) is 0. The van der Waals surface area contributed by atoms with Gasteiger partial charge < -0.3 is 0 Å². The van der Waals surface area contributed by atoms with Crippen molar-refractivity contribution in [2.24, 2.45) is 5.41 Å². The molecule has 2 fully saturated rings. The fourth-order valence-corrected chi connectivity index (χ4v) is 1.98. The van der Waals surface area contributed by atoms with Crippen LogP contribution in [0.15, 0.2) is 0 Å². The van der Waals surface area contributed by atoms with E-state index in [-0.39, 0.29) is 0 Å². The van der Waals surface area contributed by atoms with Crippen molar-refractivity contribution in [1.29, 1.82) is 0 Å². The van der Waals surface area contributed by atoms with Crippen LogP contribution in [0.5, 0.6) is 0 Å². The highest BCUT2D eigenvalue weighted by atomic mass is 15.5. The van der Waals surface area contributed by atoms with E-state index in [2.05, 4.69) is 24.4 Å². The third kappa shape index (κ3) is 0.867. The molecule has 58 valence electrons. The van der Waals surface area contributed by atoms with Crippen LogP contribution in [0.2, 0.25) is 0 Å². The maximum Gasteiger partial charge on any atom is 0.0243 e. The fraction of sp³-hybridized carbons (Fsp3) is 1.00. The van der Waals surface area contributed by atoms with Crippen LogP contribution in [0, 0.1) is 5.41 Å². The van der Waals surface area contributed by atoms with Gasteiger partial charge in [0.25, 0.3) is 0 Å². The number of hydrogen-bond acceptors (Lipinski definition) is 2. The highest BCUT2D eigenvalue weighted by Crippen LogP contribution is 2.52. The number of nitrogens with one attached hydrogen (secondary N) is 1. The molecule has 0 unspecified atom stereocenters. The molecule has 1 aliphatic carbocycles. The van der Waals surface area contributed by atoms with E-state index in [0.717, 1.165) is 0 Å². The van der Waals surface area contributed by atoms with Crippen molar-refractivity contribution in [3.8, 4) is 0 Å². The van der Waals surface area contributed by atoms with Gasteiger partial charge in [0.2, 0.25) is 0 Å². The Morgan fingerprint density at radius 1 is 1.40 bits per heavy atom. The number of hydrazine groups is 1. The molecule has 2 aliphatic rings. The van der Waals surface area contributed by atoms with Crippen LogP contribution in [0.1, 0.15) is 26.2 Å². The molecule has 0 bridgehead atoms. The maximum atomic E-state index is 3.47. The van der Waals surface area contributed by atoms with Crippen LogP contribution in [-0.2, 0) is 0 Å². The second-order valence-electron chi connectivity index (χ2n) is 3.88. The summed E-state index contributed by atoms with van der Waals surface area (Å²) in [5.74, 6) is 0. The number of rotatable bonds is 0. The Morgan fingerprint density at radius 2 is 2.10 bits per heavy atom. The minimum atomic E-state index is 0.714. The molecule has 1 saturated heterocycles. The zero-order chi connectivity index (χ0) is 7.19. The summed E-state index contributed by atoms with van der Waals surface area (Å²) in [5, 5.41) is 2.22. The average Bonchev–Trinajstić information content (AvgIpc) is 2.62. The lowest BCUT2D eigenvalue weighted by atomic mass is 9.92. The lowest BCUT2D eigenvalue weighted by Crippen LogP contribution is -2.51. The predicted molar refractivity (Wildman–Crippen MR) is 41.5 cm³/mol. The summed E-state index contributed by atoms with van der Waals surface area (Å²) in [6.07, 6.45) is 4.31. The van der Waals surface area contributed by atoms with Gasteiger partial charge in [0.15, 0.2) is 0 Å². The first-order valence-corrected chi connectivity index (χ1v) is 4.20. The van der Waals surface area contributed by atoms with E-state index in [0.29, 0.717) is 11.5 Å². The van der Waals surface area contributed by atoms with Crippen molar-refractivity contribution in [3.05, 3.63) is 0 Å². The zero-order valence-corrected chi connectivity index (χ0v) is 6.85. The molecule has 0 amide bonds. The number of hydrogen-bond donors (Lipinski definition) is 1. The predicted octanol–water partition coefficient (Wildman–Crippen LogP) is 0.995. The number of nitrogens with zero attached hydrogens (tertiary/aromatic N) is 1. The maximum absolute atomic E-state index is 3.47. The Kier molecular flexibility index (Phi) is 1.29. The molecule has 2 nitrogen and oxygen atoms in total. The molecule has 0 radical (unpaired) electrons. The molecule has 0 aromatic carbocycles. The highest BCUT2D eigenvalue weighted by Gasteiger charge is 2.49. The van der Waals surface area contributed by atoms with Crippen LogP contribution < -0.4 is 5.43 Å². The lowest BCUT2D eigenvalue weighted by Gasteiger charge is -2.36. The van der Waals surface area contributed by atoms with Gasteiger partial charge in [-0.1, -0.05) is 0 Å². The van der Waals surface area contributed by atoms with E-state index in [1.807, 2.05) is 0 Å². The fourth-order valence-electron chi connectivity index (χ4n) is 1.98. The van der Waals surface area contributed by atoms with Gasteiger partial charge >= 0.3 is 0 Å². The van der Waals surface area contributed by atoms with E-state index < -0.39 is 0 Å². The van der Waals surface area contributed by atoms with Crippen LogP contribution >= 0.6 is 0 Å². The van der Waals surface area contributed by atoms with Gasteiger partial charge in [-0.05, 0) is 31.6 Å². The molecule has 10 heavy (non-hydrogen) atoms. The van der Waals surface area contributed by atoms with Gasteiger partial charge in [0.05, 0.1) is 0 Å². The van der Waals surface area contributed by atoms with E-state index in [9.17, 15) is 0 Å². The average molecular weight is 140 g/mol. The molecule has 1 aliphatic heterocycles. The van der Waals surface area contributed by atoms with E-state index in [1.165, 1.54) is 25.8 Å². The first-order valence-electron chi connectivity index (χ1n) is 4.20. The summed E-state index contributed by atoms with van der Waals surface area (Å²) < 4.78 is 0. The molecule has 0 aromatic heterocycles. The molecule has 1 saturated carbocycles. The highest BCUT2D eigenvalue weighted by molar-refractivity contribution is 5.02. The zero-order valence-electron chi connectivity index (χ0n) is 6.85. The van der Waals surface area contributed by atoms with Crippen molar-refractivity contribution in [3.63, 3.8) is 0 Å². The van der Waals surface area contributed by atoms with Gasteiger partial charge in [0, 0.05) is 19.6 Å². The third-order valence-corrected chi connectivity index (χ3v) is 3.17. The Morgan fingerprint density at radius 3 is 2.60 bits per heavy atom. The molecule has 1 N–H and O–H groups in total. The van der Waals surface area contributed by atoms with Gasteiger partial charge in [-0.25, -0.2) is 5.01 Å². The van der Waals surface area contributed by atoms with Crippen LogP contribution in [0.3, 0.4) is 0 Å². The Labute approximate surface area is 62.6 Å². The van der Waals surface area contributed by atoms with Gasteiger partial charge in [-0.2, -0.15) is 0 Å². The third-order valence-electron chi connectivity index (χ3n) is 3.17. The topological polar surface area (TPSA) is 15.3 Å². The van der Waals surface area contributed by atoms with Crippen molar-refractivity contribution in [2.45, 2.75) is 32.2 Å². The smallest absolute Gasteiger partial charge is 0.0243 e. The Hall–Kier alpha value is -0.0800. The first kappa shape index (κ1) is 6.62. The SMILES string of the molecule is C[C@H]1NN(C)CCC12CC2. The minimum Gasteiger partial charge on any atom is -0.252 e. The summed E-state index contributed by atoms with van der Waals surface area (Å²) in [6.45, 7) is 3.53. The van der Waals surface area contributed by atoms with Gasteiger partial charge in [-0.3, -0.25) is 5.43 Å².